The standard InChI is InChI=1S/C18H15F3I2O4/c19-18(20,21)10-4-5-13(9(6-10)8-22)26-11-2-1-3-12(7-11)27-16-14(15(16)23)17(24)25/h2,4-7,14-16H,1,3,8H2,(H,24,25)/t14-,15-,16+/m1/s1. The number of benzene rings is 1. The predicted molar refractivity (Wildman–Crippen MR) is 109 cm³/mol. The van der Waals surface area contributed by atoms with Gasteiger partial charge in [0.05, 0.1) is 9.49 Å². The van der Waals surface area contributed by atoms with E-state index in [1.165, 1.54) is 6.07 Å². The minimum Gasteiger partial charge on any atom is -0.493 e. The first-order valence-electron chi connectivity index (χ1n) is 8.09. The lowest BCUT2D eigenvalue weighted by Gasteiger charge is -2.18. The normalized spacial score (nSPS) is 24.7. The van der Waals surface area contributed by atoms with E-state index in [1.807, 2.05) is 28.7 Å². The summed E-state index contributed by atoms with van der Waals surface area (Å²) >= 11 is 4.05. The Kier molecular flexibility index (Phi) is 6.28. The summed E-state index contributed by atoms with van der Waals surface area (Å²) in [7, 11) is 0. The van der Waals surface area contributed by atoms with Crippen LogP contribution in [0.2, 0.25) is 0 Å². The smallest absolute Gasteiger partial charge is 0.416 e. The maximum Gasteiger partial charge on any atom is 0.416 e. The lowest BCUT2D eigenvalue weighted by molar-refractivity contribution is -0.139. The molecule has 2 aliphatic carbocycles. The van der Waals surface area contributed by atoms with Crippen molar-refractivity contribution in [2.45, 2.75) is 33.5 Å². The van der Waals surface area contributed by atoms with Crippen LogP contribution < -0.4 is 4.74 Å². The summed E-state index contributed by atoms with van der Waals surface area (Å²) in [6.07, 6.45) is 0.0433. The molecule has 1 aromatic carbocycles. The molecule has 9 heteroatoms. The quantitative estimate of drug-likeness (QED) is 0.345. The molecular weight excluding hydrogens is 591 g/mol. The zero-order valence-corrected chi connectivity index (χ0v) is 18.1. The molecule has 4 nitrogen and oxygen atoms in total. The Morgan fingerprint density at radius 3 is 2.67 bits per heavy atom. The van der Waals surface area contributed by atoms with Crippen LogP contribution in [0.3, 0.4) is 0 Å². The van der Waals surface area contributed by atoms with Crippen LogP contribution in [0, 0.1) is 5.92 Å². The van der Waals surface area contributed by atoms with Crippen LogP contribution in [0.1, 0.15) is 24.0 Å². The van der Waals surface area contributed by atoms with Crippen molar-refractivity contribution >= 4 is 51.2 Å². The largest absolute Gasteiger partial charge is 0.493 e. The summed E-state index contributed by atoms with van der Waals surface area (Å²) in [6, 6.07) is 3.41. The Morgan fingerprint density at radius 1 is 1.33 bits per heavy atom. The minimum atomic E-state index is -4.40. The van der Waals surface area contributed by atoms with Gasteiger partial charge in [-0.15, -0.1) is 0 Å². The highest BCUT2D eigenvalue weighted by Gasteiger charge is 2.56. The molecule has 0 bridgehead atoms. The third kappa shape index (κ3) is 4.90. The fourth-order valence-corrected chi connectivity index (χ4v) is 4.40. The van der Waals surface area contributed by atoms with Gasteiger partial charge in [-0.2, -0.15) is 13.2 Å². The first-order chi connectivity index (χ1) is 12.7. The number of ether oxygens (including phenoxy) is 2. The van der Waals surface area contributed by atoms with Gasteiger partial charge in [0.1, 0.15) is 29.3 Å². The number of carbonyl (C=O) groups is 1. The SMILES string of the molecule is O=C(O)[C@@H]1[C@@H](I)[C@H]1OC1=CC(Oc2ccc(C(F)(F)F)cc2CI)=CCC1. The highest BCUT2D eigenvalue weighted by molar-refractivity contribution is 14.1. The fourth-order valence-electron chi connectivity index (χ4n) is 2.74. The van der Waals surface area contributed by atoms with Crippen LogP contribution in [0.5, 0.6) is 5.75 Å². The molecule has 0 saturated heterocycles. The zero-order valence-electron chi connectivity index (χ0n) is 13.8. The molecule has 0 aromatic heterocycles. The molecule has 146 valence electrons. The summed E-state index contributed by atoms with van der Waals surface area (Å²) in [6.45, 7) is 0. The first kappa shape index (κ1) is 20.7. The van der Waals surface area contributed by atoms with Gasteiger partial charge >= 0.3 is 12.1 Å². The lowest BCUT2D eigenvalue weighted by Crippen LogP contribution is -2.09. The fraction of sp³-hybridized carbons (Fsp3) is 0.389. The molecule has 0 radical (unpaired) electrons. The van der Waals surface area contributed by atoms with Crippen molar-refractivity contribution in [2.24, 2.45) is 5.92 Å². The van der Waals surface area contributed by atoms with Gasteiger partial charge in [-0.1, -0.05) is 45.2 Å². The Bertz CT molecular complexity index is 804. The maximum atomic E-state index is 12.9. The van der Waals surface area contributed by atoms with Crippen LogP contribution in [-0.4, -0.2) is 21.1 Å². The van der Waals surface area contributed by atoms with Gasteiger partial charge < -0.3 is 14.6 Å². The number of hydrogen-bond acceptors (Lipinski definition) is 3. The van der Waals surface area contributed by atoms with E-state index < -0.39 is 23.6 Å². The van der Waals surface area contributed by atoms with Crippen LogP contribution in [0.15, 0.2) is 41.9 Å². The van der Waals surface area contributed by atoms with E-state index in [1.54, 1.807) is 6.08 Å². The number of aliphatic carboxylic acids is 1. The number of halogens is 5. The van der Waals surface area contributed by atoms with E-state index in [-0.39, 0.29) is 10.0 Å². The molecule has 0 aliphatic heterocycles. The Balaban J connectivity index is 1.71. The second-order valence-electron chi connectivity index (χ2n) is 6.20. The van der Waals surface area contributed by atoms with Crippen LogP contribution >= 0.6 is 45.2 Å². The Labute approximate surface area is 181 Å². The summed E-state index contributed by atoms with van der Waals surface area (Å²) in [5.74, 6) is 0.0924. The number of allylic oxidation sites excluding steroid dienone is 3. The molecule has 1 saturated carbocycles. The number of carboxylic acids is 1. The number of hydrogen-bond donors (Lipinski definition) is 1. The first-order valence-corrected chi connectivity index (χ1v) is 10.9. The second kappa shape index (κ2) is 8.18. The van der Waals surface area contributed by atoms with E-state index in [0.717, 1.165) is 12.1 Å². The van der Waals surface area contributed by atoms with E-state index in [4.69, 9.17) is 14.6 Å². The predicted octanol–water partition coefficient (Wildman–Crippen LogP) is 5.48. The van der Waals surface area contributed by atoms with Crippen molar-refractivity contribution in [1.29, 1.82) is 0 Å². The third-order valence-corrected chi connectivity index (χ3v) is 6.55. The Morgan fingerprint density at radius 2 is 2.07 bits per heavy atom. The average Bonchev–Trinajstić information content (AvgIpc) is 3.24. The Hall–Kier alpha value is -0.980. The summed E-state index contributed by atoms with van der Waals surface area (Å²) < 4.78 is 50.5. The molecule has 1 aromatic rings. The number of alkyl halides is 5. The minimum absolute atomic E-state index is 0.0724. The van der Waals surface area contributed by atoms with E-state index in [0.29, 0.717) is 40.1 Å². The van der Waals surface area contributed by atoms with Crippen molar-refractivity contribution in [1.82, 2.24) is 0 Å². The average molecular weight is 606 g/mol. The molecule has 0 amide bonds. The van der Waals surface area contributed by atoms with E-state index >= 15 is 0 Å². The molecule has 0 unspecified atom stereocenters. The molecule has 27 heavy (non-hydrogen) atoms. The van der Waals surface area contributed by atoms with Gasteiger partial charge in [0, 0.05) is 22.5 Å². The molecule has 0 heterocycles. The topological polar surface area (TPSA) is 55.8 Å². The third-order valence-electron chi connectivity index (χ3n) is 4.24. The van der Waals surface area contributed by atoms with Crippen molar-refractivity contribution < 1.29 is 32.5 Å². The molecule has 0 spiro atoms. The van der Waals surface area contributed by atoms with Crippen LogP contribution in [0.4, 0.5) is 13.2 Å². The van der Waals surface area contributed by atoms with Crippen molar-refractivity contribution in [3.63, 3.8) is 0 Å². The van der Waals surface area contributed by atoms with Crippen molar-refractivity contribution in [3.05, 3.63) is 53.0 Å². The van der Waals surface area contributed by atoms with Gasteiger partial charge in [0.2, 0.25) is 0 Å². The van der Waals surface area contributed by atoms with Crippen LogP contribution in [-0.2, 0) is 20.1 Å². The summed E-state index contributed by atoms with van der Waals surface area (Å²) in [5, 5.41) is 9.09. The lowest BCUT2D eigenvalue weighted by atomic mass is 10.1. The van der Waals surface area contributed by atoms with Gasteiger partial charge in [-0.05, 0) is 30.7 Å². The number of rotatable bonds is 6. The highest BCUT2D eigenvalue weighted by Crippen LogP contribution is 2.44. The van der Waals surface area contributed by atoms with Gasteiger partial charge in [0.25, 0.3) is 0 Å². The highest BCUT2D eigenvalue weighted by atomic mass is 127. The molecule has 3 atom stereocenters. The monoisotopic (exact) mass is 606 g/mol. The maximum absolute atomic E-state index is 12.9. The van der Waals surface area contributed by atoms with E-state index in [9.17, 15) is 18.0 Å². The van der Waals surface area contributed by atoms with Crippen molar-refractivity contribution in [3.8, 4) is 5.75 Å². The van der Waals surface area contributed by atoms with E-state index in [2.05, 4.69) is 22.6 Å². The summed E-state index contributed by atoms with van der Waals surface area (Å²) in [5.41, 5.74) is -0.256. The van der Waals surface area contributed by atoms with Crippen LogP contribution in [0.25, 0.3) is 0 Å². The molecular formula is C18H15F3I2O4. The van der Waals surface area contributed by atoms with Gasteiger partial charge in [0.15, 0.2) is 0 Å². The zero-order chi connectivity index (χ0) is 19.8. The van der Waals surface area contributed by atoms with Crippen molar-refractivity contribution in [2.75, 3.05) is 0 Å². The summed E-state index contributed by atoms with van der Waals surface area (Å²) in [4.78, 5) is 11.1. The molecule has 3 rings (SSSR count). The molecule has 1 N–H and O–H groups in total. The molecule has 1 fully saturated rings. The number of carboxylic acid groups (broad SMARTS) is 1. The van der Waals surface area contributed by atoms with Gasteiger partial charge in [-0.25, -0.2) is 0 Å². The second-order valence-corrected chi connectivity index (χ2v) is 8.40. The molecule has 2 aliphatic rings. The van der Waals surface area contributed by atoms with Gasteiger partial charge in [-0.3, -0.25) is 4.79 Å².